The van der Waals surface area contributed by atoms with Gasteiger partial charge < -0.3 is 14.4 Å². The van der Waals surface area contributed by atoms with E-state index < -0.39 is 18.1 Å². The maximum absolute atomic E-state index is 13.8. The molecule has 0 aromatic heterocycles. The maximum atomic E-state index is 13.8. The van der Waals surface area contributed by atoms with E-state index in [1.807, 2.05) is 30.3 Å². The topological polar surface area (TPSA) is 84.9 Å². The van der Waals surface area contributed by atoms with Crippen molar-refractivity contribution in [2.75, 3.05) is 13.2 Å². The predicted octanol–water partition coefficient (Wildman–Crippen LogP) is 5.98. The number of carbonyl (C=O) groups is 3. The van der Waals surface area contributed by atoms with Crippen LogP contribution < -0.4 is 5.32 Å². The Morgan fingerprint density at radius 1 is 0.950 bits per heavy atom. The minimum Gasteiger partial charge on any atom is -0.465 e. The number of carbonyl (C=O) groups excluding carboxylic acids is 3. The Morgan fingerprint density at radius 3 is 2.35 bits per heavy atom. The van der Waals surface area contributed by atoms with Crippen molar-refractivity contribution in [2.45, 2.75) is 135 Å². The molecule has 40 heavy (non-hydrogen) atoms. The van der Waals surface area contributed by atoms with Gasteiger partial charge in [-0.3, -0.25) is 14.9 Å². The summed E-state index contributed by atoms with van der Waals surface area (Å²) in [7, 11) is 0. The van der Waals surface area contributed by atoms with Gasteiger partial charge in [-0.25, -0.2) is 4.79 Å². The lowest BCUT2D eigenvalue weighted by Gasteiger charge is -2.32. The second kappa shape index (κ2) is 17.4. The number of nitrogens with one attached hydrogen (secondary N) is 1. The molecule has 0 bridgehead atoms. The number of ether oxygens (including phenoxy) is 2. The van der Waals surface area contributed by atoms with Crippen LogP contribution in [0.4, 0.5) is 0 Å². The highest BCUT2D eigenvalue weighted by molar-refractivity contribution is 5.89. The lowest BCUT2D eigenvalue weighted by atomic mass is 10.0. The second-order valence-electron chi connectivity index (χ2n) is 11.6. The van der Waals surface area contributed by atoms with Crippen LogP contribution in [0.1, 0.15) is 110 Å². The first-order valence-electron chi connectivity index (χ1n) is 15.9. The monoisotopic (exact) mass is 556 g/mol. The third kappa shape index (κ3) is 9.60. The van der Waals surface area contributed by atoms with E-state index in [0.717, 1.165) is 37.7 Å². The predicted molar refractivity (Wildman–Crippen MR) is 158 cm³/mol. The van der Waals surface area contributed by atoms with Crippen molar-refractivity contribution in [3.05, 3.63) is 35.9 Å². The number of likely N-dealkylation sites (tertiary alicyclic amines) is 1. The number of benzene rings is 1. The molecule has 0 unspecified atom stereocenters. The van der Waals surface area contributed by atoms with E-state index in [1.54, 1.807) is 18.7 Å². The van der Waals surface area contributed by atoms with Crippen molar-refractivity contribution in [2.24, 2.45) is 5.92 Å². The Balaban J connectivity index is 1.55. The van der Waals surface area contributed by atoms with Gasteiger partial charge in [0, 0.05) is 6.04 Å². The fourth-order valence-electron chi connectivity index (χ4n) is 6.39. The van der Waals surface area contributed by atoms with Crippen LogP contribution in [0, 0.1) is 5.92 Å². The average Bonchev–Trinajstić information content (AvgIpc) is 3.56. The zero-order chi connectivity index (χ0) is 28.7. The number of hydrogen-bond donors (Lipinski definition) is 1. The van der Waals surface area contributed by atoms with E-state index in [0.29, 0.717) is 31.8 Å². The van der Waals surface area contributed by atoms with Gasteiger partial charge in [0.25, 0.3) is 0 Å². The molecule has 1 saturated carbocycles. The number of nitrogens with zero attached hydrogens (tertiary/aromatic N) is 1. The molecular weight excluding hydrogens is 504 g/mol. The SMILES string of the molecule is CCCCCCCCCCOC(=O)[C@@H]1C[C@@H]2CCC[C@@H]2N1C(=O)[C@H](C)N[C@@H](CCc1ccccc1)C(=O)OCC. The molecule has 2 fully saturated rings. The van der Waals surface area contributed by atoms with E-state index >= 15 is 0 Å². The van der Waals surface area contributed by atoms with Gasteiger partial charge in [0.2, 0.25) is 5.91 Å². The van der Waals surface area contributed by atoms with Gasteiger partial charge in [-0.1, -0.05) is 88.6 Å². The van der Waals surface area contributed by atoms with Crippen LogP contribution in [0.25, 0.3) is 0 Å². The van der Waals surface area contributed by atoms with Gasteiger partial charge in [0.1, 0.15) is 12.1 Å². The Hall–Kier alpha value is -2.41. The quantitative estimate of drug-likeness (QED) is 0.177. The van der Waals surface area contributed by atoms with Crippen LogP contribution in [0.3, 0.4) is 0 Å². The molecule has 3 rings (SSSR count). The van der Waals surface area contributed by atoms with Gasteiger partial charge >= 0.3 is 11.9 Å². The minimum atomic E-state index is -0.618. The van der Waals surface area contributed by atoms with Crippen molar-refractivity contribution in [1.82, 2.24) is 10.2 Å². The summed E-state index contributed by atoms with van der Waals surface area (Å²) in [6.45, 7) is 6.51. The molecule has 1 aromatic carbocycles. The maximum Gasteiger partial charge on any atom is 0.328 e. The van der Waals surface area contributed by atoms with Crippen molar-refractivity contribution in [3.8, 4) is 0 Å². The summed E-state index contributed by atoms with van der Waals surface area (Å²) in [5, 5.41) is 3.25. The van der Waals surface area contributed by atoms with Crippen LogP contribution in [0.5, 0.6) is 0 Å². The average molecular weight is 557 g/mol. The summed E-state index contributed by atoms with van der Waals surface area (Å²) in [6, 6.07) is 8.31. The van der Waals surface area contributed by atoms with E-state index in [4.69, 9.17) is 9.47 Å². The molecule has 1 amide bonds. The zero-order valence-electron chi connectivity index (χ0n) is 25.1. The van der Waals surface area contributed by atoms with Gasteiger partial charge in [0.05, 0.1) is 19.3 Å². The summed E-state index contributed by atoms with van der Waals surface area (Å²) in [5.41, 5.74) is 1.13. The zero-order valence-corrected chi connectivity index (χ0v) is 25.1. The van der Waals surface area contributed by atoms with Crippen LogP contribution >= 0.6 is 0 Å². The number of esters is 2. The number of aryl methyl sites for hydroxylation is 1. The largest absolute Gasteiger partial charge is 0.465 e. The van der Waals surface area contributed by atoms with Crippen LogP contribution in [0.15, 0.2) is 30.3 Å². The third-order valence-electron chi connectivity index (χ3n) is 8.56. The molecular formula is C33H52N2O5. The van der Waals surface area contributed by atoms with Gasteiger partial charge in [-0.2, -0.15) is 0 Å². The Bertz CT molecular complexity index is 907. The second-order valence-corrected chi connectivity index (χ2v) is 11.6. The number of fused-ring (bicyclic) bond motifs is 1. The molecule has 1 heterocycles. The smallest absolute Gasteiger partial charge is 0.328 e. The van der Waals surface area contributed by atoms with Gasteiger partial charge in [-0.15, -0.1) is 0 Å². The van der Waals surface area contributed by atoms with Crippen LogP contribution in [-0.2, 0) is 30.3 Å². The molecule has 7 nitrogen and oxygen atoms in total. The molecule has 1 aliphatic carbocycles. The fourth-order valence-corrected chi connectivity index (χ4v) is 6.39. The molecule has 1 N–H and O–H groups in total. The third-order valence-corrected chi connectivity index (χ3v) is 8.56. The summed E-state index contributed by atoms with van der Waals surface area (Å²) in [6.07, 6.45) is 14.4. The highest BCUT2D eigenvalue weighted by atomic mass is 16.5. The summed E-state index contributed by atoms with van der Waals surface area (Å²) in [4.78, 5) is 41.6. The molecule has 7 heteroatoms. The normalized spacial score (nSPS) is 21.6. The molecule has 2 aliphatic rings. The number of unbranched alkanes of at least 4 members (excludes halogenated alkanes) is 7. The molecule has 0 spiro atoms. The van der Waals surface area contributed by atoms with E-state index in [-0.39, 0.29) is 30.5 Å². The first-order chi connectivity index (χ1) is 19.5. The van der Waals surface area contributed by atoms with Crippen molar-refractivity contribution < 1.29 is 23.9 Å². The Morgan fingerprint density at radius 2 is 1.65 bits per heavy atom. The molecule has 1 saturated heterocycles. The molecule has 0 radical (unpaired) electrons. The number of amides is 1. The van der Waals surface area contributed by atoms with Crippen LogP contribution in [0.2, 0.25) is 0 Å². The highest BCUT2D eigenvalue weighted by Gasteiger charge is 2.50. The van der Waals surface area contributed by atoms with Gasteiger partial charge in [0.15, 0.2) is 0 Å². The Labute approximate surface area is 241 Å². The van der Waals surface area contributed by atoms with E-state index in [2.05, 4.69) is 12.2 Å². The summed E-state index contributed by atoms with van der Waals surface area (Å²) >= 11 is 0. The first-order valence-corrected chi connectivity index (χ1v) is 15.9. The molecule has 5 atom stereocenters. The number of rotatable bonds is 18. The highest BCUT2D eigenvalue weighted by Crippen LogP contribution is 2.42. The molecule has 224 valence electrons. The van der Waals surface area contributed by atoms with Crippen molar-refractivity contribution in [1.29, 1.82) is 0 Å². The van der Waals surface area contributed by atoms with Crippen molar-refractivity contribution in [3.63, 3.8) is 0 Å². The van der Waals surface area contributed by atoms with Gasteiger partial charge in [-0.05, 0) is 63.9 Å². The van der Waals surface area contributed by atoms with E-state index in [9.17, 15) is 14.4 Å². The Kier molecular flexibility index (Phi) is 14.0. The minimum absolute atomic E-state index is 0.0720. The summed E-state index contributed by atoms with van der Waals surface area (Å²) in [5.74, 6) is -0.406. The first kappa shape index (κ1) is 32.1. The lowest BCUT2D eigenvalue weighted by molar-refractivity contribution is -0.156. The standard InChI is InChI=1S/C33H52N2O5/c1-4-6-7-8-9-10-11-15-23-40-33(38)30-24-27-19-16-20-29(27)35(30)31(36)25(3)34-28(32(37)39-5-2)22-21-26-17-13-12-14-18-26/h12-14,17-18,25,27-30,34H,4-11,15-16,19-24H2,1-3H3/t25-,27-,28-,29-,30-/m0/s1. The number of hydrogen-bond acceptors (Lipinski definition) is 6. The molecule has 1 aromatic rings. The van der Waals surface area contributed by atoms with E-state index in [1.165, 1.54) is 38.5 Å². The fraction of sp³-hybridized carbons (Fsp3) is 0.727. The summed E-state index contributed by atoms with van der Waals surface area (Å²) < 4.78 is 11.0. The lowest BCUT2D eigenvalue weighted by Crippen LogP contribution is -2.55. The van der Waals surface area contributed by atoms with Crippen molar-refractivity contribution >= 4 is 17.8 Å². The molecule has 1 aliphatic heterocycles. The van der Waals surface area contributed by atoms with Crippen LogP contribution in [-0.4, -0.2) is 60.1 Å².